The van der Waals surface area contributed by atoms with E-state index in [4.69, 9.17) is 0 Å². The van der Waals surface area contributed by atoms with Gasteiger partial charge in [0, 0.05) is 6.54 Å². The van der Waals surface area contributed by atoms with Crippen molar-refractivity contribution in [3.63, 3.8) is 0 Å². The minimum atomic E-state index is -3.34. The zero-order valence-corrected chi connectivity index (χ0v) is 14.4. The predicted octanol–water partition coefficient (Wildman–Crippen LogP) is 6.62. The van der Waals surface area contributed by atoms with Crippen LogP contribution < -0.4 is 5.32 Å². The van der Waals surface area contributed by atoms with Crippen molar-refractivity contribution >= 4 is 0 Å². The second-order valence-corrected chi connectivity index (χ2v) is 6.36. The normalized spacial score (nSPS) is 12.0. The predicted molar refractivity (Wildman–Crippen MR) is 89.2 cm³/mol. The summed E-state index contributed by atoms with van der Waals surface area (Å²) in [4.78, 5) is 0. The van der Waals surface area contributed by atoms with Gasteiger partial charge in [-0.1, -0.05) is 90.4 Å². The Kier molecular flexibility index (Phi) is 15.5. The van der Waals surface area contributed by atoms with E-state index in [-0.39, 0.29) is 6.54 Å². The summed E-state index contributed by atoms with van der Waals surface area (Å²) in [6, 6.07) is -3.34. The van der Waals surface area contributed by atoms with Crippen LogP contribution in [-0.4, -0.2) is 19.3 Å². The van der Waals surface area contributed by atoms with Crippen LogP contribution in [0.5, 0.6) is 0 Å². The number of hydrogen-bond donors (Lipinski definition) is 1. The molecule has 0 fully saturated rings. The molecule has 0 saturated carbocycles. The first kappa shape index (κ1) is 21.8. The topological polar surface area (TPSA) is 12.0 Å². The Morgan fingerprint density at radius 2 is 1.00 bits per heavy atom. The van der Waals surface area contributed by atoms with Crippen molar-refractivity contribution in [3.8, 4) is 0 Å². The van der Waals surface area contributed by atoms with E-state index in [9.17, 15) is 13.2 Å². The van der Waals surface area contributed by atoms with Gasteiger partial charge >= 0.3 is 6.05 Å². The molecule has 0 aromatic carbocycles. The van der Waals surface area contributed by atoms with E-state index < -0.39 is 12.7 Å². The summed E-state index contributed by atoms with van der Waals surface area (Å²) in [7, 11) is 0. The van der Waals surface area contributed by atoms with Gasteiger partial charge < -0.3 is 0 Å². The average molecular weight is 323 g/mol. The molecule has 0 aliphatic rings. The molecule has 0 spiro atoms. The molecule has 0 aliphatic carbocycles. The smallest absolute Gasteiger partial charge is 0.256 e. The van der Waals surface area contributed by atoms with Gasteiger partial charge in [-0.25, -0.2) is 4.39 Å². The monoisotopic (exact) mass is 323 g/mol. The molecule has 0 rings (SSSR count). The van der Waals surface area contributed by atoms with Crippen molar-refractivity contribution < 1.29 is 13.2 Å². The lowest BCUT2D eigenvalue weighted by Crippen LogP contribution is -2.38. The van der Waals surface area contributed by atoms with Gasteiger partial charge in [-0.15, -0.1) is 0 Å². The summed E-state index contributed by atoms with van der Waals surface area (Å²) < 4.78 is 36.9. The van der Waals surface area contributed by atoms with Gasteiger partial charge in [0.15, 0.2) is 6.67 Å². The maximum atomic E-state index is 12.5. The van der Waals surface area contributed by atoms with Crippen molar-refractivity contribution in [1.29, 1.82) is 0 Å². The van der Waals surface area contributed by atoms with E-state index in [1.165, 1.54) is 70.6 Å². The van der Waals surface area contributed by atoms with Crippen molar-refractivity contribution in [2.75, 3.05) is 13.2 Å². The van der Waals surface area contributed by atoms with Crippen LogP contribution in [0.25, 0.3) is 0 Å². The lowest BCUT2D eigenvalue weighted by molar-refractivity contribution is -0.0546. The maximum Gasteiger partial charge on any atom is 0.330 e. The van der Waals surface area contributed by atoms with Gasteiger partial charge in [-0.2, -0.15) is 8.78 Å². The summed E-state index contributed by atoms with van der Waals surface area (Å²) in [6.07, 6.45) is 17.4. The number of rotatable bonds is 17. The van der Waals surface area contributed by atoms with E-state index in [2.05, 4.69) is 6.92 Å². The largest absolute Gasteiger partial charge is 0.330 e. The van der Waals surface area contributed by atoms with Gasteiger partial charge in [0.25, 0.3) is 0 Å². The summed E-state index contributed by atoms with van der Waals surface area (Å²) in [6.45, 7) is 0.830. The third-order valence-corrected chi connectivity index (χ3v) is 4.08. The lowest BCUT2D eigenvalue weighted by Gasteiger charge is -2.13. The van der Waals surface area contributed by atoms with Crippen LogP contribution in [0.2, 0.25) is 0 Å². The Morgan fingerprint density at radius 3 is 1.36 bits per heavy atom. The second kappa shape index (κ2) is 15.6. The lowest BCUT2D eigenvalue weighted by atomic mass is 10.0. The van der Waals surface area contributed by atoms with Crippen LogP contribution in [-0.2, 0) is 0 Å². The van der Waals surface area contributed by atoms with E-state index >= 15 is 0 Å². The molecule has 0 aliphatic heterocycles. The summed E-state index contributed by atoms with van der Waals surface area (Å²) in [5, 5.41) is 1.94. The minimum absolute atomic E-state index is 0.203. The molecule has 22 heavy (non-hydrogen) atoms. The molecule has 0 amide bonds. The van der Waals surface area contributed by atoms with E-state index in [0.29, 0.717) is 6.42 Å². The number of alkyl halides is 3. The number of hydrogen-bond acceptors (Lipinski definition) is 1. The fourth-order valence-electron chi connectivity index (χ4n) is 2.64. The highest BCUT2D eigenvalue weighted by Gasteiger charge is 2.26. The van der Waals surface area contributed by atoms with Crippen LogP contribution in [0.3, 0.4) is 0 Å². The highest BCUT2D eigenvalue weighted by atomic mass is 19.3. The molecule has 0 radical (unpaired) electrons. The third-order valence-electron chi connectivity index (χ3n) is 4.08. The third kappa shape index (κ3) is 16.1. The molecule has 0 saturated heterocycles. The Bertz CT molecular complexity index is 222. The van der Waals surface area contributed by atoms with Crippen molar-refractivity contribution in [3.05, 3.63) is 0 Å². The Hall–Kier alpha value is -0.250. The molecule has 1 nitrogen and oxygen atoms in total. The summed E-state index contributed by atoms with van der Waals surface area (Å²) in [5.74, 6) is 0. The first-order valence-corrected chi connectivity index (χ1v) is 9.31. The Balaban J connectivity index is 3.06. The summed E-state index contributed by atoms with van der Waals surface area (Å²) in [5.41, 5.74) is 0. The zero-order chi connectivity index (χ0) is 16.5. The molecule has 0 atom stereocenters. The zero-order valence-electron chi connectivity index (χ0n) is 14.4. The molecule has 0 heterocycles. The molecule has 0 aromatic heterocycles. The van der Waals surface area contributed by atoms with Crippen LogP contribution >= 0.6 is 0 Å². The highest BCUT2D eigenvalue weighted by Crippen LogP contribution is 2.13. The van der Waals surface area contributed by atoms with Crippen LogP contribution in [0.4, 0.5) is 13.2 Å². The quantitative estimate of drug-likeness (QED) is 0.234. The molecular weight excluding hydrogens is 287 g/mol. The van der Waals surface area contributed by atoms with Crippen LogP contribution in [0.15, 0.2) is 0 Å². The molecule has 0 unspecified atom stereocenters. The first-order valence-electron chi connectivity index (χ1n) is 9.31. The average Bonchev–Trinajstić information content (AvgIpc) is 2.51. The van der Waals surface area contributed by atoms with Crippen LogP contribution in [0, 0.1) is 0 Å². The molecule has 0 aromatic rings. The summed E-state index contributed by atoms with van der Waals surface area (Å²) >= 11 is 0. The molecular formula is C18H36F3N. The van der Waals surface area contributed by atoms with E-state index in [1.54, 1.807) is 0 Å². The Labute approximate surface area is 135 Å². The van der Waals surface area contributed by atoms with Gasteiger partial charge in [0.05, 0.1) is 0 Å². The van der Waals surface area contributed by atoms with E-state index in [1.807, 2.05) is 5.32 Å². The maximum absolute atomic E-state index is 12.5. The van der Waals surface area contributed by atoms with Crippen molar-refractivity contribution in [2.24, 2.45) is 0 Å². The second-order valence-electron chi connectivity index (χ2n) is 6.36. The van der Waals surface area contributed by atoms with E-state index in [0.717, 1.165) is 12.8 Å². The van der Waals surface area contributed by atoms with Gasteiger partial charge in [0.2, 0.25) is 0 Å². The number of nitrogens with one attached hydrogen (secondary N) is 1. The number of halogens is 3. The van der Waals surface area contributed by atoms with Crippen LogP contribution in [0.1, 0.15) is 96.8 Å². The minimum Gasteiger partial charge on any atom is -0.256 e. The molecule has 4 heteroatoms. The SMILES string of the molecule is CCCCCCCCCCCCCCCCNC(F)(F)CF. The molecule has 0 bridgehead atoms. The first-order chi connectivity index (χ1) is 10.6. The number of unbranched alkanes of at least 4 members (excludes halogenated alkanes) is 13. The van der Waals surface area contributed by atoms with Crippen molar-refractivity contribution in [2.45, 2.75) is 103 Å². The molecule has 134 valence electrons. The Morgan fingerprint density at radius 1 is 0.636 bits per heavy atom. The van der Waals surface area contributed by atoms with Gasteiger partial charge in [-0.3, -0.25) is 5.32 Å². The van der Waals surface area contributed by atoms with Gasteiger partial charge in [0.1, 0.15) is 0 Å². The molecule has 1 N–H and O–H groups in total. The van der Waals surface area contributed by atoms with Crippen molar-refractivity contribution in [1.82, 2.24) is 5.32 Å². The highest BCUT2D eigenvalue weighted by molar-refractivity contribution is 4.61. The fraction of sp³-hybridized carbons (Fsp3) is 1.00. The fourth-order valence-corrected chi connectivity index (χ4v) is 2.64. The van der Waals surface area contributed by atoms with Gasteiger partial charge in [-0.05, 0) is 6.42 Å². The standard InChI is InChI=1S/C18H36F3N/c1-2-3-4-5-6-7-8-9-10-11-12-13-14-15-16-22-18(20,21)17-19/h22H,2-17H2,1H3.